The highest BCUT2D eigenvalue weighted by molar-refractivity contribution is 7.16. The van der Waals surface area contributed by atoms with Gasteiger partial charge in [0, 0.05) is 11.3 Å². The average Bonchev–Trinajstić information content (AvgIpc) is 2.91. The molecule has 1 aromatic carbocycles. The molecule has 0 bridgehead atoms. The first-order valence-corrected chi connectivity index (χ1v) is 8.41. The quantitative estimate of drug-likeness (QED) is 0.586. The van der Waals surface area contributed by atoms with Gasteiger partial charge in [0.15, 0.2) is 5.13 Å². The highest BCUT2D eigenvalue weighted by atomic mass is 32.1. The number of para-hydroxylation sites is 1. The number of carbonyl (C=O) groups is 2. The number of thiazole rings is 1. The first kappa shape index (κ1) is 17.9. The lowest BCUT2D eigenvalue weighted by atomic mass is 10.3. The van der Waals surface area contributed by atoms with Crippen LogP contribution in [0.15, 0.2) is 30.3 Å². The summed E-state index contributed by atoms with van der Waals surface area (Å²) in [6.45, 7) is 2.28. The zero-order chi connectivity index (χ0) is 17.4. The van der Waals surface area contributed by atoms with Crippen molar-refractivity contribution in [1.82, 2.24) is 4.98 Å². The lowest BCUT2D eigenvalue weighted by Crippen LogP contribution is -2.12. The molecular weight excluding hydrogens is 328 g/mol. The van der Waals surface area contributed by atoms with E-state index in [-0.39, 0.29) is 18.3 Å². The Hall–Kier alpha value is -2.41. The van der Waals surface area contributed by atoms with Crippen LogP contribution in [0.5, 0.6) is 5.75 Å². The van der Waals surface area contributed by atoms with E-state index in [1.165, 1.54) is 18.4 Å². The van der Waals surface area contributed by atoms with Gasteiger partial charge < -0.3 is 14.8 Å². The topological polar surface area (TPSA) is 77.5 Å². The summed E-state index contributed by atoms with van der Waals surface area (Å²) in [4.78, 5) is 28.3. The van der Waals surface area contributed by atoms with Crippen LogP contribution < -0.4 is 10.1 Å². The summed E-state index contributed by atoms with van der Waals surface area (Å²) in [7, 11) is 1.35. The number of anilines is 1. The molecule has 1 amide bonds. The molecule has 0 aliphatic carbocycles. The molecule has 0 aliphatic rings. The van der Waals surface area contributed by atoms with Crippen molar-refractivity contribution in [1.29, 1.82) is 0 Å². The number of esters is 1. The van der Waals surface area contributed by atoms with Gasteiger partial charge in [0.2, 0.25) is 5.91 Å². The van der Waals surface area contributed by atoms with Gasteiger partial charge in [-0.05, 0) is 25.5 Å². The number of methoxy groups -OCH3 is 1. The van der Waals surface area contributed by atoms with Crippen molar-refractivity contribution >= 4 is 28.3 Å². The Morgan fingerprint density at radius 3 is 2.71 bits per heavy atom. The summed E-state index contributed by atoms with van der Waals surface area (Å²) in [5.74, 6) is 0.351. The highest BCUT2D eigenvalue weighted by Crippen LogP contribution is 2.23. The van der Waals surface area contributed by atoms with Gasteiger partial charge in [0.05, 0.1) is 25.8 Å². The Balaban J connectivity index is 1.74. The van der Waals surface area contributed by atoms with Gasteiger partial charge in [-0.1, -0.05) is 18.2 Å². The average molecular weight is 348 g/mol. The zero-order valence-electron chi connectivity index (χ0n) is 13.7. The number of aromatic nitrogens is 1. The number of hydrogen-bond acceptors (Lipinski definition) is 6. The van der Waals surface area contributed by atoms with E-state index in [2.05, 4.69) is 15.0 Å². The maximum Gasteiger partial charge on any atom is 0.310 e. The number of nitrogens with zero attached hydrogens (tertiary/aromatic N) is 1. The molecule has 7 heteroatoms. The lowest BCUT2D eigenvalue weighted by Gasteiger charge is -2.05. The summed E-state index contributed by atoms with van der Waals surface area (Å²) in [5.41, 5.74) is 0.730. The predicted octanol–water partition coefficient (Wildman–Crippen LogP) is 2.96. The molecule has 6 nitrogen and oxygen atoms in total. The number of ether oxygens (including phenoxy) is 2. The van der Waals surface area contributed by atoms with Crippen molar-refractivity contribution in [2.75, 3.05) is 19.0 Å². The van der Waals surface area contributed by atoms with E-state index in [0.717, 1.165) is 16.3 Å². The van der Waals surface area contributed by atoms with Crippen LogP contribution in [0.3, 0.4) is 0 Å². The number of hydrogen-bond donors (Lipinski definition) is 1. The molecule has 0 spiro atoms. The predicted molar refractivity (Wildman–Crippen MR) is 92.4 cm³/mol. The maximum absolute atomic E-state index is 11.9. The fourth-order valence-corrected chi connectivity index (χ4v) is 2.93. The molecule has 1 heterocycles. The molecule has 2 aromatic rings. The second kappa shape index (κ2) is 9.02. The Labute approximate surface area is 144 Å². The fourth-order valence-electron chi connectivity index (χ4n) is 1.97. The molecule has 1 N–H and O–H groups in total. The summed E-state index contributed by atoms with van der Waals surface area (Å²) in [6.07, 6.45) is 1.12. The van der Waals surface area contributed by atoms with Crippen molar-refractivity contribution in [3.05, 3.63) is 40.9 Å². The minimum atomic E-state index is -0.322. The molecule has 0 saturated heterocycles. The molecule has 2 rings (SSSR count). The van der Waals surface area contributed by atoms with Gasteiger partial charge in [-0.15, -0.1) is 11.3 Å². The van der Waals surface area contributed by atoms with Crippen molar-refractivity contribution in [2.45, 2.75) is 26.2 Å². The van der Waals surface area contributed by atoms with Crippen LogP contribution in [-0.2, 0) is 20.7 Å². The maximum atomic E-state index is 11.9. The van der Waals surface area contributed by atoms with Crippen molar-refractivity contribution in [2.24, 2.45) is 0 Å². The molecule has 0 fully saturated rings. The Kier molecular flexibility index (Phi) is 6.74. The van der Waals surface area contributed by atoms with Crippen LogP contribution >= 0.6 is 11.3 Å². The largest absolute Gasteiger partial charge is 0.494 e. The van der Waals surface area contributed by atoms with E-state index in [1.807, 2.05) is 30.3 Å². The number of aryl methyl sites for hydroxylation is 1. The van der Waals surface area contributed by atoms with Crippen molar-refractivity contribution in [3.63, 3.8) is 0 Å². The fraction of sp³-hybridized carbons (Fsp3) is 0.353. The SMILES string of the molecule is COC(=O)Cc1sc(NC(=O)CCCOc2ccccc2)nc1C. The minimum absolute atomic E-state index is 0.120. The molecule has 24 heavy (non-hydrogen) atoms. The molecule has 0 radical (unpaired) electrons. The van der Waals surface area contributed by atoms with Crippen LogP contribution in [0.25, 0.3) is 0 Å². The van der Waals surface area contributed by atoms with E-state index < -0.39 is 0 Å². The third kappa shape index (κ3) is 5.66. The van der Waals surface area contributed by atoms with E-state index in [9.17, 15) is 9.59 Å². The Morgan fingerprint density at radius 2 is 2.00 bits per heavy atom. The summed E-state index contributed by atoms with van der Waals surface area (Å²) >= 11 is 1.29. The standard InChI is InChI=1S/C17H20N2O4S/c1-12-14(11-16(21)22-2)24-17(18-12)19-15(20)9-6-10-23-13-7-4-3-5-8-13/h3-5,7-8H,6,9-11H2,1-2H3,(H,18,19,20). The summed E-state index contributed by atoms with van der Waals surface area (Å²) < 4.78 is 10.2. The smallest absolute Gasteiger partial charge is 0.310 e. The third-order valence-electron chi connectivity index (χ3n) is 3.23. The number of benzene rings is 1. The van der Waals surface area contributed by atoms with Crippen molar-refractivity contribution in [3.8, 4) is 5.75 Å². The molecular formula is C17H20N2O4S. The van der Waals surface area contributed by atoms with Crippen LogP contribution in [0.1, 0.15) is 23.4 Å². The molecule has 128 valence electrons. The second-order valence-electron chi connectivity index (χ2n) is 5.09. The number of rotatable bonds is 8. The van der Waals surface area contributed by atoms with Crippen LogP contribution in [0.4, 0.5) is 5.13 Å². The van der Waals surface area contributed by atoms with E-state index >= 15 is 0 Å². The van der Waals surface area contributed by atoms with Gasteiger partial charge in [-0.3, -0.25) is 9.59 Å². The first-order valence-electron chi connectivity index (χ1n) is 7.59. The van der Waals surface area contributed by atoms with Gasteiger partial charge in [0.1, 0.15) is 5.75 Å². The summed E-state index contributed by atoms with van der Waals surface area (Å²) in [6, 6.07) is 9.48. The van der Waals surface area contributed by atoms with Crippen LogP contribution in [0.2, 0.25) is 0 Å². The lowest BCUT2D eigenvalue weighted by molar-refractivity contribution is -0.139. The zero-order valence-corrected chi connectivity index (χ0v) is 14.5. The van der Waals surface area contributed by atoms with E-state index in [1.54, 1.807) is 6.92 Å². The highest BCUT2D eigenvalue weighted by Gasteiger charge is 2.13. The van der Waals surface area contributed by atoms with Crippen molar-refractivity contribution < 1.29 is 19.1 Å². The normalized spacial score (nSPS) is 10.2. The van der Waals surface area contributed by atoms with Gasteiger partial charge in [0.25, 0.3) is 0 Å². The Bertz CT molecular complexity index is 685. The third-order valence-corrected chi connectivity index (χ3v) is 4.30. The van der Waals surface area contributed by atoms with E-state index in [4.69, 9.17) is 4.74 Å². The molecule has 0 atom stereocenters. The molecule has 0 unspecified atom stereocenters. The van der Waals surface area contributed by atoms with Gasteiger partial charge >= 0.3 is 5.97 Å². The molecule has 1 aromatic heterocycles. The van der Waals surface area contributed by atoms with Crippen LogP contribution in [0, 0.1) is 6.92 Å². The molecule has 0 saturated carbocycles. The van der Waals surface area contributed by atoms with Gasteiger partial charge in [-0.2, -0.15) is 0 Å². The number of carbonyl (C=O) groups excluding carboxylic acids is 2. The number of amides is 1. The Morgan fingerprint density at radius 1 is 1.25 bits per heavy atom. The van der Waals surface area contributed by atoms with Gasteiger partial charge in [-0.25, -0.2) is 4.98 Å². The second-order valence-corrected chi connectivity index (χ2v) is 6.18. The monoisotopic (exact) mass is 348 g/mol. The number of nitrogens with one attached hydrogen (secondary N) is 1. The minimum Gasteiger partial charge on any atom is -0.494 e. The summed E-state index contributed by atoms with van der Waals surface area (Å²) in [5, 5.41) is 3.25. The first-order chi connectivity index (χ1) is 11.6. The molecule has 0 aliphatic heterocycles. The van der Waals surface area contributed by atoms with E-state index in [0.29, 0.717) is 24.6 Å². The van der Waals surface area contributed by atoms with Crippen LogP contribution in [-0.4, -0.2) is 30.6 Å².